The van der Waals surface area contributed by atoms with E-state index in [2.05, 4.69) is 33.5 Å². The number of aryl methyl sites for hydroxylation is 3. The minimum absolute atomic E-state index is 0. The molecule has 1 N–H and O–H groups in total. The van der Waals surface area contributed by atoms with Gasteiger partial charge in [-0.2, -0.15) is 43.5 Å². The minimum Gasteiger partial charge on any atom is -0.532 e. The van der Waals surface area contributed by atoms with Crippen molar-refractivity contribution < 1.29 is 43.7 Å². The molecule has 0 saturated carbocycles. The van der Waals surface area contributed by atoms with Crippen LogP contribution in [0.25, 0.3) is 33.3 Å². The van der Waals surface area contributed by atoms with Crippen molar-refractivity contribution in [2.24, 2.45) is 14.1 Å². The van der Waals surface area contributed by atoms with Crippen LogP contribution in [0.4, 0.5) is 0 Å². The van der Waals surface area contributed by atoms with Crippen molar-refractivity contribution in [3.05, 3.63) is 114 Å². The number of hydrogen-bond donors (Lipinski definition) is 1. The van der Waals surface area contributed by atoms with Gasteiger partial charge in [-0.1, -0.05) is 47.3 Å². The van der Waals surface area contributed by atoms with Crippen LogP contribution in [0.3, 0.4) is 0 Å². The van der Waals surface area contributed by atoms with Crippen molar-refractivity contribution in [3.8, 4) is 28.3 Å². The second-order valence-electron chi connectivity index (χ2n) is 12.4. The fourth-order valence-electron chi connectivity index (χ4n) is 6.82. The van der Waals surface area contributed by atoms with Crippen LogP contribution in [0.15, 0.2) is 58.1 Å². The summed E-state index contributed by atoms with van der Waals surface area (Å²) in [7, 11) is 4.75. The van der Waals surface area contributed by atoms with E-state index in [0.717, 1.165) is 71.4 Å². The molecule has 1 atom stereocenters. The summed E-state index contributed by atoms with van der Waals surface area (Å²) in [5, 5.41) is 4.13. The molecule has 52 heavy (non-hydrogen) atoms. The van der Waals surface area contributed by atoms with E-state index in [1.54, 1.807) is 39.6 Å². The van der Waals surface area contributed by atoms with Crippen molar-refractivity contribution >= 4 is 40.5 Å². The summed E-state index contributed by atoms with van der Waals surface area (Å²) in [4.78, 5) is 45.1. The number of carbonyl (C=O) groups excluding carboxylic acids is 1. The van der Waals surface area contributed by atoms with Gasteiger partial charge in [0.25, 0.3) is 0 Å². The maximum atomic E-state index is 11.7. The Kier molecular flexibility index (Phi) is 14.3. The maximum Gasteiger partial charge on any atom is 2.00 e. The number of nitrogens with one attached hydrogen (secondary N) is 1. The molecule has 14 heteroatoms. The predicted molar refractivity (Wildman–Crippen MR) is 195 cm³/mol. The number of pyridine rings is 2. The molecule has 0 spiro atoms. The molecule has 1 aliphatic heterocycles. The molecule has 2 aromatic carbocycles. The zero-order valence-corrected chi connectivity index (χ0v) is 32.9. The van der Waals surface area contributed by atoms with Gasteiger partial charge in [0.05, 0.1) is 12.8 Å². The molecule has 10 nitrogen and oxygen atoms in total. The molecule has 1 aliphatic carbocycles. The second-order valence-corrected chi connectivity index (χ2v) is 13.2. The molecule has 270 valence electrons. The van der Waals surface area contributed by atoms with Gasteiger partial charge in [0, 0.05) is 36.3 Å². The van der Waals surface area contributed by atoms with E-state index in [1.165, 1.54) is 28.7 Å². The Morgan fingerprint density at radius 2 is 1.83 bits per heavy atom. The summed E-state index contributed by atoms with van der Waals surface area (Å²) in [6.07, 6.45) is 8.37. The van der Waals surface area contributed by atoms with E-state index >= 15 is 0 Å². The van der Waals surface area contributed by atoms with Gasteiger partial charge in [-0.25, -0.2) is 9.78 Å². The number of likely N-dealkylation sites (tertiary alicyclic amines) is 1. The SMILES string of the molecule is COc1nc(-c2cccc(-c3ccc[c-]c3Cl)c2Cl)cc2c1C(N1CC[C-](CCN[C-]=O)C1)CC2.Cc1cc2c([c-]n1)c(=O)n(C)c(=O)n2C.[Mn+2].[Mn+2]. The van der Waals surface area contributed by atoms with Crippen LogP contribution >= 0.6 is 23.2 Å². The van der Waals surface area contributed by atoms with E-state index < -0.39 is 0 Å². The van der Waals surface area contributed by atoms with Gasteiger partial charge in [-0.05, 0) is 60.4 Å². The molecule has 2 aliphatic rings. The van der Waals surface area contributed by atoms with Gasteiger partial charge < -0.3 is 38.7 Å². The number of halogens is 2. The number of rotatable bonds is 8. The molecule has 1 saturated heterocycles. The van der Waals surface area contributed by atoms with E-state index in [1.807, 2.05) is 30.3 Å². The molecular formula is C38H36Cl2Mn2N6O4. The van der Waals surface area contributed by atoms with E-state index in [4.69, 9.17) is 32.9 Å². The molecule has 4 heterocycles. The molecule has 5 aromatic rings. The molecule has 3 aromatic heterocycles. The first-order chi connectivity index (χ1) is 24.1. The summed E-state index contributed by atoms with van der Waals surface area (Å²) in [6, 6.07) is 18.7. The third-order valence-corrected chi connectivity index (χ3v) is 10.1. The van der Waals surface area contributed by atoms with Crippen LogP contribution in [0.1, 0.15) is 42.1 Å². The Morgan fingerprint density at radius 3 is 2.56 bits per heavy atom. The second kappa shape index (κ2) is 18.0. The number of nitrogens with zero attached hydrogens (tertiary/aromatic N) is 5. The van der Waals surface area contributed by atoms with Crippen LogP contribution in [-0.4, -0.2) is 57.2 Å². The number of amides is 1. The van der Waals surface area contributed by atoms with Crippen LogP contribution < -0.4 is 21.3 Å². The van der Waals surface area contributed by atoms with Crippen LogP contribution in [0, 0.1) is 25.1 Å². The summed E-state index contributed by atoms with van der Waals surface area (Å²) in [5.74, 6) is 2.13. The van der Waals surface area contributed by atoms with Gasteiger partial charge >= 0.3 is 39.8 Å². The van der Waals surface area contributed by atoms with Crippen molar-refractivity contribution in [3.63, 3.8) is 0 Å². The van der Waals surface area contributed by atoms with Crippen molar-refractivity contribution in [1.82, 2.24) is 29.3 Å². The Balaban J connectivity index is 0.000000300. The smallest absolute Gasteiger partial charge is 0.532 e. The van der Waals surface area contributed by atoms with E-state index in [9.17, 15) is 14.4 Å². The number of fused-ring (bicyclic) bond motifs is 2. The Labute approximate surface area is 333 Å². The zero-order valence-electron chi connectivity index (χ0n) is 29.0. The van der Waals surface area contributed by atoms with Crippen LogP contribution in [0.2, 0.25) is 10.0 Å². The predicted octanol–water partition coefficient (Wildman–Crippen LogP) is 5.58. The van der Waals surface area contributed by atoms with Crippen molar-refractivity contribution in [2.45, 2.75) is 38.6 Å². The molecule has 1 amide bonds. The summed E-state index contributed by atoms with van der Waals surface area (Å²) < 4.78 is 8.29. The van der Waals surface area contributed by atoms with Gasteiger partial charge in [0.2, 0.25) is 5.88 Å². The van der Waals surface area contributed by atoms with Crippen molar-refractivity contribution in [2.75, 3.05) is 26.7 Å². The average Bonchev–Trinajstić information content (AvgIpc) is 3.77. The first-order valence-corrected chi connectivity index (χ1v) is 17.0. The summed E-state index contributed by atoms with van der Waals surface area (Å²) >= 11 is 13.3. The third-order valence-electron chi connectivity index (χ3n) is 9.39. The molecule has 1 unspecified atom stereocenters. The zero-order chi connectivity index (χ0) is 35.5. The largest absolute Gasteiger partial charge is 2.00 e. The van der Waals surface area contributed by atoms with Crippen LogP contribution in [0.5, 0.6) is 5.88 Å². The molecule has 2 radical (unpaired) electrons. The first kappa shape index (κ1) is 41.3. The average molecular weight is 822 g/mol. The number of hydrogen-bond acceptors (Lipinski definition) is 7. The van der Waals surface area contributed by atoms with Gasteiger partial charge in [-0.3, -0.25) is 5.92 Å². The molecule has 1 fully saturated rings. The van der Waals surface area contributed by atoms with E-state index in [-0.39, 0.29) is 51.4 Å². The molecule has 0 bridgehead atoms. The normalized spacial score (nSPS) is 15.2. The number of methoxy groups -OCH3 is 1. The number of aromatic nitrogens is 4. The minimum atomic E-state index is -0.361. The standard InChI is InChI=1S/C28H26Cl2N3O2.C10H10N3O2.2Mn/c1-35-28-26-19(9-10-25(26)33-14-12-18(16-33)11-13-31-17-34)15-24(32-28)22-7-4-6-21(27(22)30)20-5-2-3-8-23(20)29;1-6-4-8-7(5-11-6)9(14)13(3)10(15)12(8)2;;/h2-7,15,25H,9-14,16H2,1H3,(H,31,34);4H,1-3H3;;/q-3;-1;2*+2. The molecular weight excluding hydrogens is 785 g/mol. The maximum absolute atomic E-state index is 11.7. The van der Waals surface area contributed by atoms with Crippen LogP contribution in [-0.2, 0) is 59.4 Å². The van der Waals surface area contributed by atoms with E-state index in [0.29, 0.717) is 33.4 Å². The number of benzene rings is 2. The Hall–Kier alpha value is -3.47. The van der Waals surface area contributed by atoms with Gasteiger partial charge in [0.1, 0.15) is 0 Å². The van der Waals surface area contributed by atoms with Gasteiger partial charge in [-0.15, -0.1) is 29.8 Å². The quantitative estimate of drug-likeness (QED) is 0.0943. The van der Waals surface area contributed by atoms with Crippen molar-refractivity contribution in [1.29, 1.82) is 0 Å². The Bertz CT molecular complexity index is 2190. The third kappa shape index (κ3) is 8.34. The topological polar surface area (TPSA) is 111 Å². The fourth-order valence-corrected chi connectivity index (χ4v) is 7.37. The molecule has 7 rings (SSSR count). The van der Waals surface area contributed by atoms with Gasteiger partial charge in [0.15, 0.2) is 5.56 Å². The summed E-state index contributed by atoms with van der Waals surface area (Å²) in [6.45, 7) is 4.39. The summed E-state index contributed by atoms with van der Waals surface area (Å²) in [5.41, 5.74) is 6.38. The first-order valence-electron chi connectivity index (χ1n) is 16.3. The fraction of sp³-hybridized carbons (Fsp3) is 0.316. The Morgan fingerprint density at radius 1 is 1.08 bits per heavy atom. The monoisotopic (exact) mass is 820 g/mol. The number of ether oxygens (including phenoxy) is 1.